The maximum atomic E-state index is 13.7. The van der Waals surface area contributed by atoms with Gasteiger partial charge < -0.3 is 31.6 Å². The molecule has 13 heteroatoms. The molecule has 2 unspecified atom stereocenters. The van der Waals surface area contributed by atoms with Gasteiger partial charge in [0.05, 0.1) is 4.92 Å². The van der Waals surface area contributed by atoms with E-state index in [-0.39, 0.29) is 35.2 Å². The third-order valence-electron chi connectivity index (χ3n) is 5.29. The predicted octanol–water partition coefficient (Wildman–Crippen LogP) is 2.43. The average molecular weight is 489 g/mol. The number of carboxylic acid groups (broad SMARTS) is 2. The van der Waals surface area contributed by atoms with Crippen LogP contribution in [0.2, 0.25) is 0 Å². The van der Waals surface area contributed by atoms with Crippen molar-refractivity contribution in [1.29, 1.82) is 0 Å². The number of benzene rings is 2. The van der Waals surface area contributed by atoms with Crippen LogP contribution in [0.3, 0.4) is 0 Å². The number of nitro groups is 1. The van der Waals surface area contributed by atoms with Gasteiger partial charge in [-0.1, -0.05) is 6.07 Å². The summed E-state index contributed by atoms with van der Waals surface area (Å²) in [5, 5.41) is 28.7. The molecule has 2 heterocycles. The number of nitrogens with one attached hydrogen (secondary N) is 2. The maximum absolute atomic E-state index is 13.7. The molecule has 2 aromatic carbocycles. The predicted molar refractivity (Wildman–Crippen MR) is 122 cm³/mol. The first-order chi connectivity index (χ1) is 16.5. The summed E-state index contributed by atoms with van der Waals surface area (Å²) in [5.41, 5.74) is 12.1. The Labute approximate surface area is 195 Å². The number of halogens is 2. The summed E-state index contributed by atoms with van der Waals surface area (Å²) in [6, 6.07) is 4.48. The summed E-state index contributed by atoms with van der Waals surface area (Å²) in [7, 11) is 0. The van der Waals surface area contributed by atoms with Crippen molar-refractivity contribution in [3.05, 3.63) is 75.6 Å². The second-order valence-electron chi connectivity index (χ2n) is 7.66. The first-order valence-corrected chi connectivity index (χ1v) is 10.1. The van der Waals surface area contributed by atoms with Gasteiger partial charge in [-0.25, -0.2) is 8.78 Å². The Bertz CT molecular complexity index is 1420. The summed E-state index contributed by atoms with van der Waals surface area (Å²) in [4.78, 5) is 37.0. The lowest BCUT2D eigenvalue weighted by atomic mass is 10.0. The average Bonchev–Trinajstić information content (AvgIpc) is 3.40. The number of nitro benzene ring substituents is 1. The monoisotopic (exact) mass is 489 g/mol. The molecule has 0 amide bonds. The molecule has 0 aliphatic rings. The van der Waals surface area contributed by atoms with Gasteiger partial charge in [-0.05, 0) is 29.3 Å². The van der Waals surface area contributed by atoms with Crippen molar-refractivity contribution in [2.24, 2.45) is 11.5 Å². The maximum Gasteiger partial charge on any atom is 0.320 e. The molecule has 2 aromatic heterocycles. The van der Waals surface area contributed by atoms with E-state index >= 15 is 0 Å². The molecular formula is C22H21F2N5O6. The summed E-state index contributed by atoms with van der Waals surface area (Å²) in [5.74, 6) is -3.34. The van der Waals surface area contributed by atoms with Crippen molar-refractivity contribution < 1.29 is 33.5 Å². The molecule has 0 bridgehead atoms. The molecule has 8 N–H and O–H groups in total. The molecule has 0 radical (unpaired) electrons. The first kappa shape index (κ1) is 25.3. The number of fused-ring (bicyclic) bond motifs is 2. The van der Waals surface area contributed by atoms with Crippen LogP contribution in [0.1, 0.15) is 11.1 Å². The van der Waals surface area contributed by atoms with Crippen molar-refractivity contribution in [2.45, 2.75) is 24.9 Å². The van der Waals surface area contributed by atoms with E-state index in [1.165, 1.54) is 12.3 Å². The SMILES string of the molecule is NC(Cc1c[nH]c2c([N+](=O)[O-])ccc(F)c12)C(=O)O.NC(Cc1c[nH]c2cccc(F)c12)C(=O)O. The van der Waals surface area contributed by atoms with E-state index in [0.29, 0.717) is 22.0 Å². The van der Waals surface area contributed by atoms with Crippen LogP contribution in [-0.4, -0.2) is 49.1 Å². The quantitative estimate of drug-likeness (QED) is 0.168. The second kappa shape index (κ2) is 10.3. The molecule has 4 aromatic rings. The smallest absolute Gasteiger partial charge is 0.320 e. The van der Waals surface area contributed by atoms with Crippen LogP contribution in [-0.2, 0) is 22.4 Å². The number of aliphatic carboxylic acids is 2. The van der Waals surface area contributed by atoms with Crippen molar-refractivity contribution in [3.63, 3.8) is 0 Å². The molecule has 11 nitrogen and oxygen atoms in total. The molecule has 2 atom stereocenters. The Morgan fingerprint density at radius 3 is 2.03 bits per heavy atom. The summed E-state index contributed by atoms with van der Waals surface area (Å²) >= 11 is 0. The van der Waals surface area contributed by atoms with Crippen LogP contribution in [0.15, 0.2) is 42.7 Å². The molecule has 0 saturated heterocycles. The fraction of sp³-hybridized carbons (Fsp3) is 0.182. The van der Waals surface area contributed by atoms with Gasteiger partial charge in [0.1, 0.15) is 29.2 Å². The van der Waals surface area contributed by atoms with E-state index in [2.05, 4.69) is 9.97 Å². The highest BCUT2D eigenvalue weighted by Crippen LogP contribution is 2.30. The molecule has 0 fully saturated rings. The zero-order chi connectivity index (χ0) is 25.9. The lowest BCUT2D eigenvalue weighted by molar-refractivity contribution is -0.383. The minimum Gasteiger partial charge on any atom is -0.480 e. The van der Waals surface area contributed by atoms with Gasteiger partial charge >= 0.3 is 11.9 Å². The van der Waals surface area contributed by atoms with Crippen LogP contribution in [0.5, 0.6) is 0 Å². The molecule has 184 valence electrons. The Morgan fingerprint density at radius 2 is 1.46 bits per heavy atom. The molecule has 0 saturated carbocycles. The summed E-state index contributed by atoms with van der Waals surface area (Å²) < 4.78 is 27.3. The third kappa shape index (κ3) is 5.42. The Hall–Kier alpha value is -4.36. The van der Waals surface area contributed by atoms with Crippen LogP contribution in [0, 0.1) is 21.7 Å². The summed E-state index contributed by atoms with van der Waals surface area (Å²) in [6.45, 7) is 0. The second-order valence-corrected chi connectivity index (χ2v) is 7.66. The lowest BCUT2D eigenvalue weighted by Gasteiger charge is -2.05. The van der Waals surface area contributed by atoms with Crippen molar-refractivity contribution in [1.82, 2.24) is 9.97 Å². The number of nitrogens with two attached hydrogens (primary N) is 2. The highest BCUT2D eigenvalue weighted by Gasteiger charge is 2.22. The number of rotatable bonds is 7. The first-order valence-electron chi connectivity index (χ1n) is 10.1. The van der Waals surface area contributed by atoms with Gasteiger partial charge in [-0.3, -0.25) is 19.7 Å². The van der Waals surface area contributed by atoms with E-state index in [0.717, 1.165) is 12.1 Å². The van der Waals surface area contributed by atoms with E-state index in [9.17, 15) is 28.5 Å². The minimum absolute atomic E-state index is 0.00546. The van der Waals surface area contributed by atoms with E-state index < -0.39 is 34.8 Å². The van der Waals surface area contributed by atoms with Crippen LogP contribution in [0.4, 0.5) is 14.5 Å². The number of hydrogen-bond acceptors (Lipinski definition) is 6. The van der Waals surface area contributed by atoms with Gasteiger partial charge in [-0.2, -0.15) is 0 Å². The van der Waals surface area contributed by atoms with Gasteiger partial charge in [0.2, 0.25) is 0 Å². The third-order valence-corrected chi connectivity index (χ3v) is 5.29. The fourth-order valence-corrected chi connectivity index (χ4v) is 3.59. The number of hydrogen-bond donors (Lipinski definition) is 6. The Balaban J connectivity index is 0.000000198. The number of nitrogens with zero attached hydrogens (tertiary/aromatic N) is 1. The van der Waals surface area contributed by atoms with E-state index in [1.807, 2.05) is 0 Å². The number of carboxylic acids is 2. The fourth-order valence-electron chi connectivity index (χ4n) is 3.59. The molecule has 0 aliphatic heterocycles. The number of aromatic nitrogens is 2. The Kier molecular flexibility index (Phi) is 7.42. The standard InChI is InChI=1S/C11H10FN3O4.C11H11FN2O2/c12-6-1-2-8(15(18)19)10-9(6)5(4-14-10)3-7(13)11(16)17;12-7-2-1-3-9-10(7)6(5-14-9)4-8(13)11(15)16/h1-2,4,7,14H,3,13H2,(H,16,17);1-3,5,8,14H,4,13H2,(H,15,16). The van der Waals surface area contributed by atoms with Crippen LogP contribution >= 0.6 is 0 Å². The molecular weight excluding hydrogens is 468 g/mol. The van der Waals surface area contributed by atoms with E-state index in [1.54, 1.807) is 18.3 Å². The van der Waals surface area contributed by atoms with Crippen molar-refractivity contribution >= 4 is 39.4 Å². The summed E-state index contributed by atoms with van der Waals surface area (Å²) in [6.07, 6.45) is 2.92. The largest absolute Gasteiger partial charge is 0.480 e. The number of aromatic amines is 2. The van der Waals surface area contributed by atoms with E-state index in [4.69, 9.17) is 21.7 Å². The lowest BCUT2D eigenvalue weighted by Crippen LogP contribution is -2.32. The van der Waals surface area contributed by atoms with Gasteiger partial charge in [-0.15, -0.1) is 0 Å². The Morgan fingerprint density at radius 1 is 0.914 bits per heavy atom. The number of carbonyl (C=O) groups is 2. The zero-order valence-corrected chi connectivity index (χ0v) is 18.0. The van der Waals surface area contributed by atoms with Crippen LogP contribution in [0.25, 0.3) is 21.8 Å². The highest BCUT2D eigenvalue weighted by molar-refractivity contribution is 5.91. The van der Waals surface area contributed by atoms with Crippen LogP contribution < -0.4 is 11.5 Å². The van der Waals surface area contributed by atoms with Gasteiger partial charge in [0.15, 0.2) is 0 Å². The number of non-ortho nitro benzene ring substituents is 1. The number of H-pyrrole nitrogens is 2. The molecule has 0 spiro atoms. The van der Waals surface area contributed by atoms with Gasteiger partial charge in [0.25, 0.3) is 5.69 Å². The molecule has 0 aliphatic carbocycles. The van der Waals surface area contributed by atoms with Crippen molar-refractivity contribution in [2.75, 3.05) is 0 Å². The van der Waals surface area contributed by atoms with Gasteiger partial charge in [0, 0.05) is 47.6 Å². The normalized spacial score (nSPS) is 12.7. The minimum atomic E-state index is -1.22. The molecule has 35 heavy (non-hydrogen) atoms. The highest BCUT2D eigenvalue weighted by atomic mass is 19.1. The molecule has 4 rings (SSSR count). The van der Waals surface area contributed by atoms with Crippen molar-refractivity contribution in [3.8, 4) is 0 Å². The zero-order valence-electron chi connectivity index (χ0n) is 18.0. The topological polar surface area (TPSA) is 201 Å².